The Morgan fingerprint density at radius 3 is 2.27 bits per heavy atom. The summed E-state index contributed by atoms with van der Waals surface area (Å²) in [4.78, 5) is 12.9. The molecule has 0 fully saturated rings. The number of sulfonamides is 1. The molecule has 2 N–H and O–H groups in total. The third-order valence-corrected chi connectivity index (χ3v) is 5.82. The zero-order chi connectivity index (χ0) is 21.4. The van der Waals surface area contributed by atoms with Crippen LogP contribution in [0.4, 0.5) is 5.69 Å². The number of carbonyl (C=O) groups excluding carboxylic acids is 1. The predicted molar refractivity (Wildman–Crippen MR) is 117 cm³/mol. The molecule has 156 valence electrons. The molecule has 0 heterocycles. The van der Waals surface area contributed by atoms with Crippen molar-refractivity contribution < 1.29 is 17.9 Å². The lowest BCUT2D eigenvalue weighted by molar-refractivity contribution is 0.102. The standard InChI is InChI=1S/C23H24N2O4S/c1-2-3-17-24-30(27,28)20-15-13-18(14-16-20)25-23(26)21-11-7-8-12-22(21)29-19-9-5-4-6-10-19/h4-16,24H,2-3,17H2,1H3,(H,25,26). The van der Waals surface area contributed by atoms with Crippen molar-refractivity contribution in [3.8, 4) is 11.5 Å². The quantitative estimate of drug-likeness (QED) is 0.483. The lowest BCUT2D eigenvalue weighted by Gasteiger charge is -2.12. The van der Waals surface area contributed by atoms with Crippen LogP contribution in [0, 0.1) is 0 Å². The van der Waals surface area contributed by atoms with Gasteiger partial charge in [0.25, 0.3) is 5.91 Å². The van der Waals surface area contributed by atoms with Crippen molar-refractivity contribution >= 4 is 21.6 Å². The smallest absolute Gasteiger partial charge is 0.259 e. The van der Waals surface area contributed by atoms with E-state index in [4.69, 9.17) is 4.74 Å². The van der Waals surface area contributed by atoms with Crippen molar-refractivity contribution in [2.45, 2.75) is 24.7 Å². The number of para-hydroxylation sites is 2. The fourth-order valence-electron chi connectivity index (χ4n) is 2.74. The number of rotatable bonds is 9. The van der Waals surface area contributed by atoms with E-state index in [1.54, 1.807) is 36.4 Å². The van der Waals surface area contributed by atoms with E-state index in [0.717, 1.165) is 12.8 Å². The van der Waals surface area contributed by atoms with Crippen LogP contribution in [0.5, 0.6) is 11.5 Å². The molecule has 0 unspecified atom stereocenters. The van der Waals surface area contributed by atoms with Crippen LogP contribution in [0.25, 0.3) is 0 Å². The second-order valence-electron chi connectivity index (χ2n) is 6.64. The minimum Gasteiger partial charge on any atom is -0.457 e. The molecular formula is C23H24N2O4S. The highest BCUT2D eigenvalue weighted by Crippen LogP contribution is 2.26. The second-order valence-corrected chi connectivity index (χ2v) is 8.41. The van der Waals surface area contributed by atoms with E-state index in [2.05, 4.69) is 10.0 Å². The summed E-state index contributed by atoms with van der Waals surface area (Å²) in [5.41, 5.74) is 0.862. The van der Waals surface area contributed by atoms with Gasteiger partial charge in [-0.15, -0.1) is 0 Å². The van der Waals surface area contributed by atoms with Gasteiger partial charge in [0, 0.05) is 12.2 Å². The van der Waals surface area contributed by atoms with Gasteiger partial charge in [0.05, 0.1) is 10.5 Å². The largest absolute Gasteiger partial charge is 0.457 e. The fourth-order valence-corrected chi connectivity index (χ4v) is 3.82. The molecule has 0 atom stereocenters. The first kappa shape index (κ1) is 21.5. The summed E-state index contributed by atoms with van der Waals surface area (Å²) in [5.74, 6) is 0.710. The SMILES string of the molecule is CCCCNS(=O)(=O)c1ccc(NC(=O)c2ccccc2Oc2ccccc2)cc1. The van der Waals surface area contributed by atoms with Crippen LogP contribution >= 0.6 is 0 Å². The Bertz CT molecular complexity index is 1080. The molecule has 0 saturated carbocycles. The van der Waals surface area contributed by atoms with Crippen LogP contribution < -0.4 is 14.8 Å². The monoisotopic (exact) mass is 424 g/mol. The third kappa shape index (κ3) is 5.68. The first-order valence-electron chi connectivity index (χ1n) is 9.72. The van der Waals surface area contributed by atoms with Crippen LogP contribution in [0.1, 0.15) is 30.1 Å². The number of benzene rings is 3. The van der Waals surface area contributed by atoms with Crippen molar-refractivity contribution in [2.24, 2.45) is 0 Å². The minimum atomic E-state index is -3.55. The maximum absolute atomic E-state index is 12.8. The van der Waals surface area contributed by atoms with E-state index < -0.39 is 10.0 Å². The molecule has 0 aromatic heterocycles. The molecule has 0 saturated heterocycles. The highest BCUT2D eigenvalue weighted by Gasteiger charge is 2.15. The van der Waals surface area contributed by atoms with Crippen LogP contribution in [0.3, 0.4) is 0 Å². The van der Waals surface area contributed by atoms with Crippen LogP contribution in [-0.2, 0) is 10.0 Å². The van der Waals surface area contributed by atoms with E-state index in [9.17, 15) is 13.2 Å². The topological polar surface area (TPSA) is 84.5 Å². The van der Waals surface area contributed by atoms with E-state index in [1.165, 1.54) is 12.1 Å². The maximum atomic E-state index is 12.8. The van der Waals surface area contributed by atoms with E-state index in [1.807, 2.05) is 37.3 Å². The summed E-state index contributed by atoms with van der Waals surface area (Å²) in [6.45, 7) is 2.39. The Morgan fingerprint density at radius 1 is 0.900 bits per heavy atom. The third-order valence-electron chi connectivity index (χ3n) is 4.35. The first-order chi connectivity index (χ1) is 14.5. The van der Waals surface area contributed by atoms with Crippen molar-refractivity contribution in [3.63, 3.8) is 0 Å². The molecule has 0 aliphatic heterocycles. The molecule has 3 rings (SSSR count). The van der Waals surface area contributed by atoms with Gasteiger partial charge in [-0.2, -0.15) is 0 Å². The Balaban J connectivity index is 1.71. The summed E-state index contributed by atoms with van der Waals surface area (Å²) in [5, 5.41) is 2.78. The molecule has 1 amide bonds. The summed E-state index contributed by atoms with van der Waals surface area (Å²) in [7, 11) is -3.55. The Morgan fingerprint density at radius 2 is 1.57 bits per heavy atom. The molecule has 0 aliphatic carbocycles. The predicted octanol–water partition coefficient (Wildman–Crippen LogP) is 4.81. The normalized spacial score (nSPS) is 11.1. The van der Waals surface area contributed by atoms with Gasteiger partial charge in [-0.05, 0) is 55.0 Å². The maximum Gasteiger partial charge on any atom is 0.259 e. The van der Waals surface area contributed by atoms with Crippen LogP contribution in [0.2, 0.25) is 0 Å². The Kier molecular flexibility index (Phi) is 7.21. The molecule has 0 bridgehead atoms. The minimum absolute atomic E-state index is 0.157. The number of hydrogen-bond donors (Lipinski definition) is 2. The number of carbonyl (C=O) groups is 1. The van der Waals surface area contributed by atoms with Gasteiger partial charge in [-0.3, -0.25) is 4.79 Å². The lowest BCUT2D eigenvalue weighted by atomic mass is 10.2. The van der Waals surface area contributed by atoms with Gasteiger partial charge in [0.15, 0.2) is 0 Å². The summed E-state index contributed by atoms with van der Waals surface area (Å²) >= 11 is 0. The van der Waals surface area contributed by atoms with Crippen molar-refractivity contribution in [1.82, 2.24) is 4.72 Å². The number of ether oxygens (including phenoxy) is 1. The molecule has 0 aliphatic rings. The summed E-state index contributed by atoms with van der Waals surface area (Å²) < 4.78 is 32.9. The number of nitrogens with one attached hydrogen (secondary N) is 2. The van der Waals surface area contributed by atoms with Gasteiger partial charge in [0.2, 0.25) is 10.0 Å². The van der Waals surface area contributed by atoms with E-state index in [0.29, 0.717) is 29.3 Å². The summed E-state index contributed by atoms with van der Waals surface area (Å²) in [6.07, 6.45) is 1.68. The van der Waals surface area contributed by atoms with Crippen LogP contribution in [-0.4, -0.2) is 20.9 Å². The van der Waals surface area contributed by atoms with E-state index >= 15 is 0 Å². The Hall–Kier alpha value is -3.16. The average Bonchev–Trinajstić information content (AvgIpc) is 2.75. The van der Waals surface area contributed by atoms with Gasteiger partial charge in [-0.1, -0.05) is 43.7 Å². The number of hydrogen-bond acceptors (Lipinski definition) is 4. The zero-order valence-corrected chi connectivity index (χ0v) is 17.5. The first-order valence-corrected chi connectivity index (χ1v) is 11.2. The molecule has 0 spiro atoms. The molecule has 7 heteroatoms. The van der Waals surface area contributed by atoms with Gasteiger partial charge in [-0.25, -0.2) is 13.1 Å². The van der Waals surface area contributed by atoms with Gasteiger partial charge >= 0.3 is 0 Å². The molecule has 0 radical (unpaired) electrons. The zero-order valence-electron chi connectivity index (χ0n) is 16.7. The number of amides is 1. The second kappa shape index (κ2) is 10.0. The molecule has 6 nitrogen and oxygen atoms in total. The molecule has 30 heavy (non-hydrogen) atoms. The Labute approximate surface area is 177 Å². The molecule has 3 aromatic carbocycles. The van der Waals surface area contributed by atoms with Gasteiger partial charge in [0.1, 0.15) is 11.5 Å². The van der Waals surface area contributed by atoms with Crippen molar-refractivity contribution in [2.75, 3.05) is 11.9 Å². The van der Waals surface area contributed by atoms with E-state index in [-0.39, 0.29) is 10.8 Å². The van der Waals surface area contributed by atoms with Crippen molar-refractivity contribution in [3.05, 3.63) is 84.4 Å². The van der Waals surface area contributed by atoms with Crippen LogP contribution in [0.15, 0.2) is 83.8 Å². The molecule has 3 aromatic rings. The average molecular weight is 425 g/mol. The number of anilines is 1. The lowest BCUT2D eigenvalue weighted by Crippen LogP contribution is -2.24. The fraction of sp³-hybridized carbons (Fsp3) is 0.174. The molecular weight excluding hydrogens is 400 g/mol. The summed E-state index contributed by atoms with van der Waals surface area (Å²) in [6, 6.07) is 22.2. The van der Waals surface area contributed by atoms with Gasteiger partial charge < -0.3 is 10.1 Å². The van der Waals surface area contributed by atoms with Crippen molar-refractivity contribution in [1.29, 1.82) is 0 Å². The highest BCUT2D eigenvalue weighted by atomic mass is 32.2. The number of unbranched alkanes of at least 4 members (excludes halogenated alkanes) is 1. The highest BCUT2D eigenvalue weighted by molar-refractivity contribution is 7.89.